The van der Waals surface area contributed by atoms with Gasteiger partial charge in [0.1, 0.15) is 0 Å². The van der Waals surface area contributed by atoms with E-state index in [1.165, 1.54) is 5.56 Å². The molecule has 1 atom stereocenters. The second-order valence-electron chi connectivity index (χ2n) is 4.02. The summed E-state index contributed by atoms with van der Waals surface area (Å²) in [5.41, 5.74) is 7.23. The van der Waals surface area contributed by atoms with Crippen LogP contribution in [0.1, 0.15) is 19.4 Å². The van der Waals surface area contributed by atoms with Crippen LogP contribution in [0.2, 0.25) is 0 Å². The van der Waals surface area contributed by atoms with Crippen LogP contribution in [-0.2, 0) is 6.54 Å². The topological polar surface area (TPSA) is 38.0 Å². The first-order valence-corrected chi connectivity index (χ1v) is 5.20. The van der Waals surface area contributed by atoms with Crippen molar-refractivity contribution in [2.75, 3.05) is 6.54 Å². The van der Waals surface area contributed by atoms with E-state index in [0.29, 0.717) is 5.92 Å². The highest BCUT2D eigenvalue weighted by Crippen LogP contribution is 1.99. The van der Waals surface area contributed by atoms with Crippen LogP contribution in [0.5, 0.6) is 0 Å². The molecule has 0 heterocycles. The summed E-state index contributed by atoms with van der Waals surface area (Å²) >= 11 is 0. The molecule has 0 amide bonds. The summed E-state index contributed by atoms with van der Waals surface area (Å²) in [5, 5.41) is 3.36. The summed E-state index contributed by atoms with van der Waals surface area (Å²) in [5.74, 6) is 0.540. The fraction of sp³-hybridized carbons (Fsp3) is 0.500. The molecule has 0 spiro atoms. The largest absolute Gasteiger partial charge is 0.326 e. The molecule has 1 unspecified atom stereocenters. The van der Waals surface area contributed by atoms with Crippen molar-refractivity contribution >= 4 is 0 Å². The van der Waals surface area contributed by atoms with Crippen molar-refractivity contribution < 1.29 is 0 Å². The Balaban J connectivity index is 2.22. The third-order valence-corrected chi connectivity index (χ3v) is 2.41. The van der Waals surface area contributed by atoms with E-state index in [2.05, 4.69) is 43.4 Å². The number of hydrogen-bond donors (Lipinski definition) is 2. The van der Waals surface area contributed by atoms with Crippen molar-refractivity contribution in [2.24, 2.45) is 11.7 Å². The molecule has 3 N–H and O–H groups in total. The number of nitrogens with one attached hydrogen (secondary N) is 1. The molecule has 2 heteroatoms. The van der Waals surface area contributed by atoms with Crippen LogP contribution in [0.4, 0.5) is 0 Å². The van der Waals surface area contributed by atoms with Gasteiger partial charge in [-0.25, -0.2) is 0 Å². The van der Waals surface area contributed by atoms with Gasteiger partial charge in [-0.3, -0.25) is 0 Å². The number of nitrogens with two attached hydrogens (primary N) is 1. The van der Waals surface area contributed by atoms with Gasteiger partial charge in [0.05, 0.1) is 0 Å². The smallest absolute Gasteiger partial charge is 0.0206 e. The Bertz CT molecular complexity index is 244. The summed E-state index contributed by atoms with van der Waals surface area (Å²) in [4.78, 5) is 0. The van der Waals surface area contributed by atoms with Crippen molar-refractivity contribution in [1.82, 2.24) is 5.32 Å². The van der Waals surface area contributed by atoms with Gasteiger partial charge in [0.2, 0.25) is 0 Å². The Morgan fingerprint density at radius 3 is 2.43 bits per heavy atom. The van der Waals surface area contributed by atoms with Crippen LogP contribution in [0.25, 0.3) is 0 Å². The summed E-state index contributed by atoms with van der Waals surface area (Å²) in [6.07, 6.45) is 0. The van der Waals surface area contributed by atoms with Crippen LogP contribution < -0.4 is 11.1 Å². The molecule has 2 nitrogen and oxygen atoms in total. The van der Waals surface area contributed by atoms with Gasteiger partial charge in [-0.2, -0.15) is 0 Å². The predicted molar refractivity (Wildman–Crippen MR) is 61.0 cm³/mol. The third kappa shape index (κ3) is 3.90. The molecule has 0 aromatic heterocycles. The van der Waals surface area contributed by atoms with Crippen molar-refractivity contribution in [2.45, 2.75) is 26.4 Å². The van der Waals surface area contributed by atoms with E-state index >= 15 is 0 Å². The molecule has 0 aliphatic heterocycles. The SMILES string of the molecule is CC(C)C(N)CNCc1ccccc1. The van der Waals surface area contributed by atoms with Gasteiger partial charge >= 0.3 is 0 Å². The first-order valence-electron chi connectivity index (χ1n) is 5.20. The van der Waals surface area contributed by atoms with Gasteiger partial charge in [-0.05, 0) is 11.5 Å². The Morgan fingerprint density at radius 1 is 1.21 bits per heavy atom. The first kappa shape index (κ1) is 11.2. The molecular formula is C12H20N2. The van der Waals surface area contributed by atoms with E-state index in [0.717, 1.165) is 13.1 Å². The average molecular weight is 192 g/mol. The maximum absolute atomic E-state index is 5.92. The van der Waals surface area contributed by atoms with Gasteiger partial charge < -0.3 is 11.1 Å². The maximum atomic E-state index is 5.92. The summed E-state index contributed by atoms with van der Waals surface area (Å²) in [6.45, 7) is 6.08. The monoisotopic (exact) mass is 192 g/mol. The standard InChI is InChI=1S/C12H20N2/c1-10(2)12(13)9-14-8-11-6-4-3-5-7-11/h3-7,10,12,14H,8-9,13H2,1-2H3. The van der Waals surface area contributed by atoms with Crippen LogP contribution in [0.15, 0.2) is 30.3 Å². The quantitative estimate of drug-likeness (QED) is 0.746. The Kier molecular flexibility index (Phi) is 4.63. The van der Waals surface area contributed by atoms with E-state index in [4.69, 9.17) is 5.73 Å². The highest BCUT2D eigenvalue weighted by atomic mass is 14.9. The van der Waals surface area contributed by atoms with Crippen LogP contribution >= 0.6 is 0 Å². The summed E-state index contributed by atoms with van der Waals surface area (Å²) in [6, 6.07) is 10.6. The lowest BCUT2D eigenvalue weighted by Gasteiger charge is -2.16. The van der Waals surface area contributed by atoms with E-state index in [9.17, 15) is 0 Å². The Morgan fingerprint density at radius 2 is 1.86 bits per heavy atom. The minimum atomic E-state index is 0.249. The number of rotatable bonds is 5. The number of benzene rings is 1. The fourth-order valence-electron chi connectivity index (χ4n) is 1.21. The highest BCUT2D eigenvalue weighted by molar-refractivity contribution is 5.14. The molecule has 0 aliphatic rings. The predicted octanol–water partition coefficient (Wildman–Crippen LogP) is 1.76. The second kappa shape index (κ2) is 5.78. The molecule has 14 heavy (non-hydrogen) atoms. The Hall–Kier alpha value is -0.860. The van der Waals surface area contributed by atoms with Gasteiger partial charge in [-0.1, -0.05) is 44.2 Å². The minimum absolute atomic E-state index is 0.249. The molecule has 1 aromatic carbocycles. The van der Waals surface area contributed by atoms with E-state index in [1.54, 1.807) is 0 Å². The summed E-state index contributed by atoms with van der Waals surface area (Å²) < 4.78 is 0. The summed E-state index contributed by atoms with van der Waals surface area (Å²) in [7, 11) is 0. The first-order chi connectivity index (χ1) is 6.70. The number of hydrogen-bond acceptors (Lipinski definition) is 2. The van der Waals surface area contributed by atoms with E-state index in [-0.39, 0.29) is 6.04 Å². The molecular weight excluding hydrogens is 172 g/mol. The lowest BCUT2D eigenvalue weighted by Crippen LogP contribution is -2.37. The van der Waals surface area contributed by atoms with Gasteiger partial charge in [0, 0.05) is 19.1 Å². The lowest BCUT2D eigenvalue weighted by molar-refractivity contribution is 0.458. The van der Waals surface area contributed by atoms with Crippen molar-refractivity contribution in [3.8, 4) is 0 Å². The normalized spacial score (nSPS) is 13.1. The van der Waals surface area contributed by atoms with Crippen molar-refractivity contribution in [1.29, 1.82) is 0 Å². The zero-order valence-electron chi connectivity index (χ0n) is 9.03. The molecule has 78 valence electrons. The Labute approximate surface area is 86.5 Å². The van der Waals surface area contributed by atoms with Crippen molar-refractivity contribution in [3.63, 3.8) is 0 Å². The van der Waals surface area contributed by atoms with Crippen LogP contribution in [0.3, 0.4) is 0 Å². The molecule has 0 fully saturated rings. The molecule has 0 radical (unpaired) electrons. The maximum Gasteiger partial charge on any atom is 0.0206 e. The fourth-order valence-corrected chi connectivity index (χ4v) is 1.21. The molecule has 1 aromatic rings. The minimum Gasteiger partial charge on any atom is -0.326 e. The van der Waals surface area contributed by atoms with Crippen LogP contribution in [-0.4, -0.2) is 12.6 Å². The second-order valence-corrected chi connectivity index (χ2v) is 4.02. The molecule has 1 rings (SSSR count). The van der Waals surface area contributed by atoms with Gasteiger partial charge in [-0.15, -0.1) is 0 Å². The van der Waals surface area contributed by atoms with Gasteiger partial charge in [0.25, 0.3) is 0 Å². The molecule has 0 saturated carbocycles. The highest BCUT2D eigenvalue weighted by Gasteiger charge is 2.05. The lowest BCUT2D eigenvalue weighted by atomic mass is 10.1. The molecule has 0 saturated heterocycles. The average Bonchev–Trinajstić information content (AvgIpc) is 2.19. The molecule has 0 aliphatic carbocycles. The van der Waals surface area contributed by atoms with E-state index < -0.39 is 0 Å². The van der Waals surface area contributed by atoms with Crippen molar-refractivity contribution in [3.05, 3.63) is 35.9 Å². The zero-order chi connectivity index (χ0) is 10.4. The van der Waals surface area contributed by atoms with Crippen LogP contribution in [0, 0.1) is 5.92 Å². The zero-order valence-corrected chi connectivity index (χ0v) is 9.03. The van der Waals surface area contributed by atoms with E-state index in [1.807, 2.05) is 6.07 Å². The molecule has 0 bridgehead atoms. The third-order valence-electron chi connectivity index (χ3n) is 2.41. The van der Waals surface area contributed by atoms with Gasteiger partial charge in [0.15, 0.2) is 0 Å².